The molecule has 1 aliphatic heterocycles. The first-order chi connectivity index (χ1) is 15.2. The van der Waals surface area contributed by atoms with Crippen molar-refractivity contribution in [1.82, 2.24) is 9.29 Å². The van der Waals surface area contributed by atoms with Crippen LogP contribution in [0.1, 0.15) is 16.7 Å². The van der Waals surface area contributed by atoms with Crippen molar-refractivity contribution in [2.24, 2.45) is 0 Å². The fraction of sp³-hybridized carbons (Fsp3) is 0.348. The van der Waals surface area contributed by atoms with Gasteiger partial charge in [0, 0.05) is 29.6 Å². The van der Waals surface area contributed by atoms with Crippen LogP contribution in [0.25, 0.3) is 10.9 Å². The number of hydrogen-bond acceptors (Lipinski definition) is 5. The molecule has 0 radical (unpaired) electrons. The highest BCUT2D eigenvalue weighted by Crippen LogP contribution is 2.22. The third-order valence-corrected chi connectivity index (χ3v) is 7.31. The Balaban J connectivity index is 1.74. The normalized spacial score (nSPS) is 17.2. The molecule has 4 rings (SSSR count). The Morgan fingerprint density at radius 3 is 2.56 bits per heavy atom. The highest BCUT2D eigenvalue weighted by molar-refractivity contribution is 7.89. The van der Waals surface area contributed by atoms with E-state index in [1.54, 1.807) is 6.07 Å². The number of nitrogens with zero attached hydrogens (tertiary/aromatic N) is 1. The summed E-state index contributed by atoms with van der Waals surface area (Å²) in [7, 11) is -4.02. The number of hydrogen-bond donors (Lipinski definition) is 1. The van der Waals surface area contributed by atoms with Gasteiger partial charge in [0.2, 0.25) is 10.0 Å². The first-order valence-corrected chi connectivity index (χ1v) is 11.8. The van der Waals surface area contributed by atoms with Gasteiger partial charge in [-0.3, -0.25) is 4.79 Å². The second kappa shape index (κ2) is 9.11. The summed E-state index contributed by atoms with van der Waals surface area (Å²) in [5.74, 6) is -0.531. The van der Waals surface area contributed by atoms with Crippen LogP contribution in [-0.2, 0) is 26.0 Å². The molecule has 1 saturated heterocycles. The van der Waals surface area contributed by atoms with Crippen molar-refractivity contribution in [3.63, 3.8) is 0 Å². The van der Waals surface area contributed by atoms with E-state index in [9.17, 15) is 17.6 Å². The van der Waals surface area contributed by atoms with E-state index in [1.165, 1.54) is 16.4 Å². The number of sulfonamides is 1. The number of ether oxygens (including phenoxy) is 2. The molecule has 0 bridgehead atoms. The topological polar surface area (TPSA) is 88.7 Å². The molecule has 2 heterocycles. The van der Waals surface area contributed by atoms with Crippen molar-refractivity contribution in [3.8, 4) is 0 Å². The Kier molecular flexibility index (Phi) is 6.43. The minimum Gasteiger partial charge on any atom is -0.376 e. The minimum atomic E-state index is -4.02. The van der Waals surface area contributed by atoms with E-state index >= 15 is 0 Å². The highest BCUT2D eigenvalue weighted by atomic mass is 32.2. The van der Waals surface area contributed by atoms with Crippen LogP contribution in [0.2, 0.25) is 0 Å². The summed E-state index contributed by atoms with van der Waals surface area (Å²) in [5, 5.41) is 0.849. The number of aromatic amines is 1. The Hall–Kier alpha value is -2.59. The number of pyridine rings is 1. The van der Waals surface area contributed by atoms with Crippen LogP contribution in [-0.4, -0.2) is 50.2 Å². The summed E-state index contributed by atoms with van der Waals surface area (Å²) < 4.78 is 52.4. The van der Waals surface area contributed by atoms with Gasteiger partial charge in [-0.1, -0.05) is 6.07 Å². The van der Waals surface area contributed by atoms with Crippen molar-refractivity contribution in [2.75, 3.05) is 26.4 Å². The lowest BCUT2D eigenvalue weighted by molar-refractivity contribution is -0.0923. The Morgan fingerprint density at radius 2 is 1.88 bits per heavy atom. The quantitative estimate of drug-likeness (QED) is 0.611. The lowest BCUT2D eigenvalue weighted by Gasteiger charge is -2.29. The highest BCUT2D eigenvalue weighted by Gasteiger charge is 2.30. The molecule has 0 unspecified atom stereocenters. The molecule has 1 atom stereocenters. The first-order valence-electron chi connectivity index (χ1n) is 10.3. The first kappa shape index (κ1) is 22.6. The molecule has 0 spiro atoms. The molecule has 1 aliphatic rings. The molecule has 0 aliphatic carbocycles. The summed E-state index contributed by atoms with van der Waals surface area (Å²) >= 11 is 0. The maximum absolute atomic E-state index is 13.4. The summed E-state index contributed by atoms with van der Waals surface area (Å²) in [6.45, 7) is 4.80. The number of benzene rings is 2. The van der Waals surface area contributed by atoms with Gasteiger partial charge < -0.3 is 14.5 Å². The number of fused-ring (bicyclic) bond motifs is 1. The Bertz CT molecular complexity index is 1280. The average Bonchev–Trinajstić information content (AvgIpc) is 2.75. The SMILES string of the molecule is Cc1cc(C)c2cc(CN(C[C@@H]3COCCO3)S(=O)(=O)c3ccc(F)cc3)c(=O)[nH]c2c1. The van der Waals surface area contributed by atoms with Crippen molar-refractivity contribution in [3.05, 3.63) is 75.3 Å². The average molecular weight is 461 g/mol. The number of nitrogens with one attached hydrogen (secondary N) is 1. The maximum atomic E-state index is 13.4. The molecule has 1 aromatic heterocycles. The van der Waals surface area contributed by atoms with E-state index in [2.05, 4.69) is 4.98 Å². The maximum Gasteiger partial charge on any atom is 0.252 e. The van der Waals surface area contributed by atoms with Crippen molar-refractivity contribution in [1.29, 1.82) is 0 Å². The van der Waals surface area contributed by atoms with Crippen LogP contribution in [0.4, 0.5) is 4.39 Å². The molecule has 2 aromatic carbocycles. The lowest BCUT2D eigenvalue weighted by atomic mass is 10.0. The molecule has 3 aromatic rings. The number of aryl methyl sites for hydroxylation is 2. The molecular formula is C23H25FN2O5S. The third kappa shape index (κ3) is 4.75. The van der Waals surface area contributed by atoms with Gasteiger partial charge in [-0.2, -0.15) is 4.31 Å². The van der Waals surface area contributed by atoms with Gasteiger partial charge in [-0.05, 0) is 61.4 Å². The number of rotatable bonds is 6. The van der Waals surface area contributed by atoms with E-state index in [1.807, 2.05) is 26.0 Å². The van der Waals surface area contributed by atoms with Crippen LogP contribution in [0.15, 0.2) is 52.2 Å². The third-order valence-electron chi connectivity index (χ3n) is 5.48. The monoisotopic (exact) mass is 460 g/mol. The van der Waals surface area contributed by atoms with Crippen LogP contribution < -0.4 is 5.56 Å². The fourth-order valence-corrected chi connectivity index (χ4v) is 5.35. The van der Waals surface area contributed by atoms with E-state index in [-0.39, 0.29) is 30.2 Å². The van der Waals surface area contributed by atoms with Gasteiger partial charge in [-0.15, -0.1) is 0 Å². The van der Waals surface area contributed by atoms with Crippen LogP contribution in [0, 0.1) is 19.7 Å². The molecule has 32 heavy (non-hydrogen) atoms. The second-order valence-electron chi connectivity index (χ2n) is 7.99. The summed E-state index contributed by atoms with van der Waals surface area (Å²) in [5.41, 5.74) is 2.66. The largest absolute Gasteiger partial charge is 0.376 e. The van der Waals surface area contributed by atoms with Gasteiger partial charge in [0.25, 0.3) is 5.56 Å². The predicted molar refractivity (Wildman–Crippen MR) is 119 cm³/mol. The number of H-pyrrole nitrogens is 1. The van der Waals surface area contributed by atoms with E-state index in [0.717, 1.165) is 28.6 Å². The van der Waals surface area contributed by atoms with Gasteiger partial charge >= 0.3 is 0 Å². The molecule has 7 nitrogen and oxygen atoms in total. The second-order valence-corrected chi connectivity index (χ2v) is 9.92. The van der Waals surface area contributed by atoms with Gasteiger partial charge in [0.05, 0.1) is 30.8 Å². The van der Waals surface area contributed by atoms with Crippen molar-refractivity contribution in [2.45, 2.75) is 31.4 Å². The standard InChI is InChI=1S/C23H25FN2O5S/c1-15-9-16(2)21-11-17(23(27)25-22(21)10-15)12-26(13-19-14-30-7-8-31-19)32(28,29)20-5-3-18(24)4-6-20/h3-6,9-11,19H,7-8,12-14H2,1-2H3,(H,25,27)/t19-/m1/s1. The fourth-order valence-electron chi connectivity index (χ4n) is 3.90. The van der Waals surface area contributed by atoms with Crippen LogP contribution in [0.5, 0.6) is 0 Å². The Labute approximate surface area is 185 Å². The summed E-state index contributed by atoms with van der Waals surface area (Å²) in [6.07, 6.45) is -0.470. The van der Waals surface area contributed by atoms with E-state index < -0.39 is 21.9 Å². The van der Waals surface area contributed by atoms with E-state index in [4.69, 9.17) is 9.47 Å². The van der Waals surface area contributed by atoms with Crippen LogP contribution in [0.3, 0.4) is 0 Å². The zero-order chi connectivity index (χ0) is 22.9. The van der Waals surface area contributed by atoms with E-state index in [0.29, 0.717) is 24.3 Å². The Morgan fingerprint density at radius 1 is 1.12 bits per heavy atom. The number of halogens is 1. The number of aromatic nitrogens is 1. The van der Waals surface area contributed by atoms with Gasteiger partial charge in [0.15, 0.2) is 0 Å². The molecule has 0 saturated carbocycles. The molecular weight excluding hydrogens is 435 g/mol. The zero-order valence-corrected chi connectivity index (χ0v) is 18.7. The van der Waals surface area contributed by atoms with Crippen molar-refractivity contribution < 1.29 is 22.3 Å². The molecule has 1 N–H and O–H groups in total. The molecule has 9 heteroatoms. The predicted octanol–water partition coefficient (Wildman–Crippen LogP) is 2.89. The lowest BCUT2D eigenvalue weighted by Crippen LogP contribution is -2.43. The summed E-state index contributed by atoms with van der Waals surface area (Å²) in [6, 6.07) is 10.2. The van der Waals surface area contributed by atoms with Crippen LogP contribution >= 0.6 is 0 Å². The zero-order valence-electron chi connectivity index (χ0n) is 17.9. The van der Waals surface area contributed by atoms with Gasteiger partial charge in [0.1, 0.15) is 5.82 Å². The van der Waals surface area contributed by atoms with Gasteiger partial charge in [-0.25, -0.2) is 12.8 Å². The van der Waals surface area contributed by atoms with Crippen molar-refractivity contribution >= 4 is 20.9 Å². The smallest absolute Gasteiger partial charge is 0.252 e. The molecule has 170 valence electrons. The molecule has 0 amide bonds. The molecule has 1 fully saturated rings. The summed E-state index contributed by atoms with van der Waals surface area (Å²) in [4.78, 5) is 15.6. The minimum absolute atomic E-state index is 0.00403.